The van der Waals surface area contributed by atoms with E-state index in [0.717, 1.165) is 31.9 Å². The molecule has 1 aliphatic carbocycles. The van der Waals surface area contributed by atoms with Crippen LogP contribution in [0.2, 0.25) is 0 Å². The zero-order valence-electron chi connectivity index (χ0n) is 11.5. The number of hydrogen-bond donors (Lipinski definition) is 1. The smallest absolute Gasteiger partial charge is 0.219 e. The lowest BCUT2D eigenvalue weighted by molar-refractivity contribution is 0.229. The Kier molecular flexibility index (Phi) is 4.28. The van der Waals surface area contributed by atoms with Crippen molar-refractivity contribution in [1.29, 1.82) is 0 Å². The van der Waals surface area contributed by atoms with Crippen LogP contribution in [0.1, 0.15) is 49.8 Å². The summed E-state index contributed by atoms with van der Waals surface area (Å²) >= 11 is 0. The van der Waals surface area contributed by atoms with Crippen LogP contribution in [0.4, 0.5) is 0 Å². The Balaban J connectivity index is 1.66. The van der Waals surface area contributed by atoms with Crippen molar-refractivity contribution in [2.75, 3.05) is 13.2 Å². The first kappa shape index (κ1) is 12.9. The molecular weight excluding hydrogens is 238 g/mol. The fourth-order valence-electron chi connectivity index (χ4n) is 3.04. The third-order valence-corrected chi connectivity index (χ3v) is 4.17. The fourth-order valence-corrected chi connectivity index (χ4v) is 3.04. The van der Waals surface area contributed by atoms with Crippen molar-refractivity contribution in [3.05, 3.63) is 17.6 Å². The van der Waals surface area contributed by atoms with Crippen molar-refractivity contribution in [2.45, 2.75) is 57.4 Å². The van der Waals surface area contributed by atoms with E-state index in [4.69, 9.17) is 4.74 Å². The van der Waals surface area contributed by atoms with Gasteiger partial charge in [-0.25, -0.2) is 9.97 Å². The minimum absolute atomic E-state index is 0.491. The molecule has 1 aliphatic heterocycles. The number of piperidine rings is 1. The van der Waals surface area contributed by atoms with Crippen molar-refractivity contribution in [3.63, 3.8) is 0 Å². The van der Waals surface area contributed by atoms with Gasteiger partial charge in [-0.05, 0) is 45.1 Å². The molecule has 1 N–H and O–H groups in total. The zero-order chi connectivity index (χ0) is 12.9. The largest absolute Gasteiger partial charge is 0.476 e. The van der Waals surface area contributed by atoms with Crippen LogP contribution in [-0.4, -0.2) is 29.2 Å². The number of nitrogens with one attached hydrogen (secondary N) is 1. The monoisotopic (exact) mass is 261 g/mol. The Bertz CT molecular complexity index is 416. The number of aromatic nitrogens is 2. The van der Waals surface area contributed by atoms with Gasteiger partial charge in [-0.3, -0.25) is 0 Å². The number of hydrogen-bond acceptors (Lipinski definition) is 4. The minimum atomic E-state index is 0.491. The van der Waals surface area contributed by atoms with Crippen molar-refractivity contribution in [2.24, 2.45) is 0 Å². The molecule has 0 spiro atoms. The third-order valence-electron chi connectivity index (χ3n) is 4.17. The minimum Gasteiger partial charge on any atom is -0.476 e. The molecule has 4 heteroatoms. The van der Waals surface area contributed by atoms with Crippen molar-refractivity contribution in [3.8, 4) is 5.88 Å². The van der Waals surface area contributed by atoms with Crippen LogP contribution < -0.4 is 10.1 Å². The summed E-state index contributed by atoms with van der Waals surface area (Å²) < 4.78 is 5.99. The highest BCUT2D eigenvalue weighted by Crippen LogP contribution is 2.25. The van der Waals surface area contributed by atoms with Crippen LogP contribution in [0.25, 0.3) is 0 Å². The number of rotatable bonds is 3. The van der Waals surface area contributed by atoms with Crippen molar-refractivity contribution < 1.29 is 4.74 Å². The average Bonchev–Trinajstić information content (AvgIpc) is 2.72. The van der Waals surface area contributed by atoms with Crippen molar-refractivity contribution >= 4 is 0 Å². The van der Waals surface area contributed by atoms with Gasteiger partial charge in [0.2, 0.25) is 5.88 Å². The summed E-state index contributed by atoms with van der Waals surface area (Å²) in [4.78, 5) is 8.78. The second-order valence-corrected chi connectivity index (χ2v) is 5.62. The topological polar surface area (TPSA) is 47.0 Å². The SMILES string of the molecule is c1nc2c(c(OCC3CCCCN3)n1)CCCCC2. The molecule has 4 nitrogen and oxygen atoms in total. The normalized spacial score (nSPS) is 23.5. The summed E-state index contributed by atoms with van der Waals surface area (Å²) in [6, 6.07) is 0.491. The van der Waals surface area contributed by atoms with Crippen LogP contribution in [0.15, 0.2) is 6.33 Å². The summed E-state index contributed by atoms with van der Waals surface area (Å²) in [6.07, 6.45) is 11.4. The van der Waals surface area contributed by atoms with Gasteiger partial charge in [-0.1, -0.05) is 12.8 Å². The molecular formula is C15H23N3O. The number of nitrogens with zero attached hydrogens (tertiary/aromatic N) is 2. The lowest BCUT2D eigenvalue weighted by atomic mass is 10.1. The Morgan fingerprint density at radius 3 is 2.95 bits per heavy atom. The van der Waals surface area contributed by atoms with Gasteiger partial charge < -0.3 is 10.1 Å². The maximum absolute atomic E-state index is 5.99. The molecule has 0 saturated carbocycles. The molecule has 1 unspecified atom stereocenters. The molecule has 0 aromatic carbocycles. The molecule has 1 atom stereocenters. The third kappa shape index (κ3) is 3.24. The first-order valence-corrected chi connectivity index (χ1v) is 7.62. The maximum Gasteiger partial charge on any atom is 0.219 e. The molecule has 104 valence electrons. The molecule has 1 aromatic heterocycles. The summed E-state index contributed by atoms with van der Waals surface area (Å²) in [7, 11) is 0. The zero-order valence-corrected chi connectivity index (χ0v) is 11.5. The predicted octanol–water partition coefficient (Wildman–Crippen LogP) is 2.27. The van der Waals surface area contributed by atoms with E-state index in [2.05, 4.69) is 15.3 Å². The van der Waals surface area contributed by atoms with Crippen LogP contribution in [0.3, 0.4) is 0 Å². The number of aryl methyl sites for hydroxylation is 1. The molecule has 0 radical (unpaired) electrons. The van der Waals surface area contributed by atoms with E-state index >= 15 is 0 Å². The lowest BCUT2D eigenvalue weighted by Gasteiger charge is -2.23. The standard InChI is InChI=1S/C15H23N3O/c1-2-7-13-14(8-3-1)17-11-18-15(13)19-10-12-6-4-5-9-16-12/h11-12,16H,1-10H2. The van der Waals surface area contributed by atoms with E-state index < -0.39 is 0 Å². The second-order valence-electron chi connectivity index (χ2n) is 5.62. The highest BCUT2D eigenvalue weighted by molar-refractivity contribution is 5.30. The van der Waals surface area contributed by atoms with Crippen LogP contribution in [0.5, 0.6) is 5.88 Å². The Hall–Kier alpha value is -1.16. The van der Waals surface area contributed by atoms with E-state index in [9.17, 15) is 0 Å². The Labute approximate surface area is 115 Å². The summed E-state index contributed by atoms with van der Waals surface area (Å²) in [6.45, 7) is 1.86. The molecule has 2 aliphatic rings. The summed E-state index contributed by atoms with van der Waals surface area (Å²) in [5.74, 6) is 0.833. The van der Waals surface area contributed by atoms with E-state index in [0.29, 0.717) is 6.04 Å². The second kappa shape index (κ2) is 6.33. The van der Waals surface area contributed by atoms with Crippen molar-refractivity contribution in [1.82, 2.24) is 15.3 Å². The van der Waals surface area contributed by atoms with Gasteiger partial charge in [0.25, 0.3) is 0 Å². The van der Waals surface area contributed by atoms with Crippen LogP contribution >= 0.6 is 0 Å². The highest BCUT2D eigenvalue weighted by Gasteiger charge is 2.18. The van der Waals surface area contributed by atoms with E-state index in [1.165, 1.54) is 49.8 Å². The summed E-state index contributed by atoms with van der Waals surface area (Å²) in [5.41, 5.74) is 2.47. The number of fused-ring (bicyclic) bond motifs is 1. The maximum atomic E-state index is 5.99. The van der Waals surface area contributed by atoms with Gasteiger partial charge in [-0.2, -0.15) is 0 Å². The molecule has 2 heterocycles. The first-order chi connectivity index (χ1) is 9.43. The van der Waals surface area contributed by atoms with Crippen LogP contribution in [0, 0.1) is 0 Å². The molecule has 3 rings (SSSR count). The van der Waals surface area contributed by atoms with Gasteiger partial charge >= 0.3 is 0 Å². The summed E-state index contributed by atoms with van der Waals surface area (Å²) in [5, 5.41) is 3.51. The van der Waals surface area contributed by atoms with E-state index in [1.54, 1.807) is 6.33 Å². The molecule has 0 amide bonds. The average molecular weight is 261 g/mol. The van der Waals surface area contributed by atoms with Gasteiger partial charge in [0, 0.05) is 11.6 Å². The molecule has 1 fully saturated rings. The Morgan fingerprint density at radius 2 is 2.05 bits per heavy atom. The fraction of sp³-hybridized carbons (Fsp3) is 0.733. The quantitative estimate of drug-likeness (QED) is 0.848. The molecule has 19 heavy (non-hydrogen) atoms. The van der Waals surface area contributed by atoms with Gasteiger partial charge in [0.05, 0.1) is 5.69 Å². The van der Waals surface area contributed by atoms with Gasteiger partial charge in [-0.15, -0.1) is 0 Å². The molecule has 1 saturated heterocycles. The Morgan fingerprint density at radius 1 is 1.11 bits per heavy atom. The highest BCUT2D eigenvalue weighted by atomic mass is 16.5. The number of ether oxygens (including phenoxy) is 1. The first-order valence-electron chi connectivity index (χ1n) is 7.62. The van der Waals surface area contributed by atoms with Gasteiger partial charge in [0.15, 0.2) is 0 Å². The lowest BCUT2D eigenvalue weighted by Crippen LogP contribution is -2.38. The molecule has 1 aromatic rings. The predicted molar refractivity (Wildman–Crippen MR) is 74.4 cm³/mol. The van der Waals surface area contributed by atoms with E-state index in [1.807, 2.05) is 0 Å². The van der Waals surface area contributed by atoms with E-state index in [-0.39, 0.29) is 0 Å². The molecule has 0 bridgehead atoms. The van der Waals surface area contributed by atoms with Gasteiger partial charge in [0.1, 0.15) is 12.9 Å². The van der Waals surface area contributed by atoms with Crippen LogP contribution in [-0.2, 0) is 12.8 Å².